The van der Waals surface area contributed by atoms with Gasteiger partial charge in [0.1, 0.15) is 0 Å². The predicted molar refractivity (Wildman–Crippen MR) is 122 cm³/mol. The standard InChI is InChI=1S/C22H34N6S/c1-5-23-22(27(4)16-21-17-29-18(2)25-21)24-14-19-6-8-20(9-7-19)15-28-12-10-26(3)11-13-28/h6-9,17H,5,10-16H2,1-4H3,(H,23,24). The molecular formula is C22H34N6S. The van der Waals surface area contributed by atoms with Crippen molar-refractivity contribution in [3.05, 3.63) is 51.5 Å². The number of piperazine rings is 1. The highest BCUT2D eigenvalue weighted by Crippen LogP contribution is 2.12. The fourth-order valence-electron chi connectivity index (χ4n) is 3.45. The van der Waals surface area contributed by atoms with Crippen LogP contribution in [0.4, 0.5) is 0 Å². The molecule has 0 spiro atoms. The maximum Gasteiger partial charge on any atom is 0.194 e. The summed E-state index contributed by atoms with van der Waals surface area (Å²) in [5, 5.41) is 6.61. The number of rotatable bonds is 7. The molecule has 0 saturated carbocycles. The lowest BCUT2D eigenvalue weighted by Crippen LogP contribution is -2.43. The molecule has 7 heteroatoms. The third-order valence-corrected chi connectivity index (χ3v) is 6.02. The summed E-state index contributed by atoms with van der Waals surface area (Å²) >= 11 is 1.69. The van der Waals surface area contributed by atoms with Crippen LogP contribution in [0.1, 0.15) is 28.8 Å². The number of likely N-dealkylation sites (N-methyl/N-ethyl adjacent to an activating group) is 1. The van der Waals surface area contributed by atoms with E-state index in [9.17, 15) is 0 Å². The van der Waals surface area contributed by atoms with Crippen LogP contribution in [0.15, 0.2) is 34.6 Å². The predicted octanol–water partition coefficient (Wildman–Crippen LogP) is 2.80. The van der Waals surface area contributed by atoms with Crippen molar-refractivity contribution in [2.24, 2.45) is 4.99 Å². The van der Waals surface area contributed by atoms with Gasteiger partial charge in [0.2, 0.25) is 0 Å². The number of nitrogens with one attached hydrogen (secondary N) is 1. The molecule has 0 radical (unpaired) electrons. The van der Waals surface area contributed by atoms with Gasteiger partial charge in [0.25, 0.3) is 0 Å². The van der Waals surface area contributed by atoms with E-state index in [0.29, 0.717) is 6.54 Å². The molecule has 3 rings (SSSR count). The van der Waals surface area contributed by atoms with Gasteiger partial charge in [0.15, 0.2) is 5.96 Å². The summed E-state index contributed by atoms with van der Waals surface area (Å²) in [6, 6.07) is 8.92. The molecule has 29 heavy (non-hydrogen) atoms. The molecule has 158 valence electrons. The minimum atomic E-state index is 0.678. The SMILES string of the molecule is CCNC(=NCc1ccc(CN2CCN(C)CC2)cc1)N(C)Cc1csc(C)n1. The lowest BCUT2D eigenvalue weighted by atomic mass is 10.1. The maximum atomic E-state index is 4.83. The van der Waals surface area contributed by atoms with Crippen LogP contribution in [0.3, 0.4) is 0 Å². The summed E-state index contributed by atoms with van der Waals surface area (Å²) in [6.45, 7) is 12.1. The summed E-state index contributed by atoms with van der Waals surface area (Å²) in [6.07, 6.45) is 0. The number of thiazole rings is 1. The van der Waals surface area contributed by atoms with Crippen molar-refractivity contribution in [2.75, 3.05) is 46.8 Å². The van der Waals surface area contributed by atoms with Gasteiger partial charge in [-0.2, -0.15) is 0 Å². The van der Waals surface area contributed by atoms with Crippen molar-refractivity contribution in [3.63, 3.8) is 0 Å². The number of aromatic nitrogens is 1. The molecule has 1 aromatic carbocycles. The van der Waals surface area contributed by atoms with Gasteiger partial charge in [-0.1, -0.05) is 24.3 Å². The molecule has 0 unspecified atom stereocenters. The molecule has 1 aromatic heterocycles. The summed E-state index contributed by atoms with van der Waals surface area (Å²) in [5.74, 6) is 0.916. The number of aryl methyl sites for hydroxylation is 1. The van der Waals surface area contributed by atoms with Gasteiger partial charge < -0.3 is 15.1 Å². The van der Waals surface area contributed by atoms with E-state index < -0.39 is 0 Å². The fraction of sp³-hybridized carbons (Fsp3) is 0.545. The van der Waals surface area contributed by atoms with Crippen LogP contribution >= 0.6 is 11.3 Å². The molecule has 2 heterocycles. The van der Waals surface area contributed by atoms with Crippen LogP contribution < -0.4 is 5.32 Å². The molecule has 0 aliphatic carbocycles. The van der Waals surface area contributed by atoms with E-state index in [4.69, 9.17) is 4.99 Å². The average Bonchev–Trinajstić information content (AvgIpc) is 3.12. The molecule has 1 saturated heterocycles. The maximum absolute atomic E-state index is 4.83. The van der Waals surface area contributed by atoms with Gasteiger partial charge in [-0.15, -0.1) is 11.3 Å². The van der Waals surface area contributed by atoms with Crippen LogP contribution in [0.5, 0.6) is 0 Å². The van der Waals surface area contributed by atoms with Gasteiger partial charge in [-0.05, 0) is 32.0 Å². The summed E-state index contributed by atoms with van der Waals surface area (Å²) in [5.41, 5.74) is 3.71. The van der Waals surface area contributed by atoms with E-state index in [0.717, 1.165) is 62.5 Å². The highest BCUT2D eigenvalue weighted by molar-refractivity contribution is 7.09. The first-order chi connectivity index (χ1) is 14.0. The third kappa shape index (κ3) is 6.80. The second-order valence-corrected chi connectivity index (χ2v) is 8.84. The van der Waals surface area contributed by atoms with Crippen molar-refractivity contribution in [1.82, 2.24) is 25.0 Å². The molecule has 1 N–H and O–H groups in total. The van der Waals surface area contributed by atoms with E-state index in [2.05, 4.69) is 75.7 Å². The second-order valence-electron chi connectivity index (χ2n) is 7.78. The second kappa shape index (κ2) is 10.7. The lowest BCUT2D eigenvalue weighted by Gasteiger charge is -2.32. The number of nitrogens with zero attached hydrogens (tertiary/aromatic N) is 5. The number of hydrogen-bond donors (Lipinski definition) is 1. The largest absolute Gasteiger partial charge is 0.357 e. The Labute approximate surface area is 179 Å². The topological polar surface area (TPSA) is 47.0 Å². The highest BCUT2D eigenvalue weighted by atomic mass is 32.1. The molecule has 2 aromatic rings. The Morgan fingerprint density at radius 3 is 2.48 bits per heavy atom. The molecule has 6 nitrogen and oxygen atoms in total. The normalized spacial score (nSPS) is 16.2. The van der Waals surface area contributed by atoms with E-state index >= 15 is 0 Å². The third-order valence-electron chi connectivity index (χ3n) is 5.20. The molecule has 0 bridgehead atoms. The van der Waals surface area contributed by atoms with E-state index in [1.807, 2.05) is 6.92 Å². The minimum absolute atomic E-state index is 0.678. The Bertz CT molecular complexity index is 777. The molecule has 1 aliphatic heterocycles. The monoisotopic (exact) mass is 414 g/mol. The van der Waals surface area contributed by atoms with Crippen molar-refractivity contribution >= 4 is 17.3 Å². The van der Waals surface area contributed by atoms with Crippen LogP contribution in [0, 0.1) is 6.92 Å². The lowest BCUT2D eigenvalue weighted by molar-refractivity contribution is 0.148. The highest BCUT2D eigenvalue weighted by Gasteiger charge is 2.13. The van der Waals surface area contributed by atoms with Crippen LogP contribution in [0.25, 0.3) is 0 Å². The first-order valence-electron chi connectivity index (χ1n) is 10.4. The van der Waals surface area contributed by atoms with Crippen molar-refractivity contribution < 1.29 is 0 Å². The Morgan fingerprint density at radius 2 is 1.86 bits per heavy atom. The Balaban J connectivity index is 1.55. The van der Waals surface area contributed by atoms with Crippen LogP contribution in [-0.4, -0.2) is 72.5 Å². The van der Waals surface area contributed by atoms with Crippen LogP contribution in [-0.2, 0) is 19.6 Å². The molecule has 0 atom stereocenters. The van der Waals surface area contributed by atoms with E-state index in [1.165, 1.54) is 11.1 Å². The number of benzene rings is 1. The van der Waals surface area contributed by atoms with E-state index in [1.54, 1.807) is 11.3 Å². The summed E-state index contributed by atoms with van der Waals surface area (Å²) < 4.78 is 0. The van der Waals surface area contributed by atoms with Gasteiger partial charge in [-0.25, -0.2) is 9.98 Å². The number of aliphatic imine (C=N–C) groups is 1. The zero-order valence-electron chi connectivity index (χ0n) is 18.2. The van der Waals surface area contributed by atoms with Crippen molar-refractivity contribution in [1.29, 1.82) is 0 Å². The minimum Gasteiger partial charge on any atom is -0.357 e. The average molecular weight is 415 g/mol. The Hall–Kier alpha value is -1.96. The van der Waals surface area contributed by atoms with Crippen LogP contribution in [0.2, 0.25) is 0 Å². The quantitative estimate of drug-likeness (QED) is 0.558. The van der Waals surface area contributed by atoms with Gasteiger partial charge in [0, 0.05) is 51.7 Å². The fourth-order valence-corrected chi connectivity index (χ4v) is 4.05. The number of guanidine groups is 1. The van der Waals surface area contributed by atoms with E-state index in [-0.39, 0.29) is 0 Å². The zero-order valence-corrected chi connectivity index (χ0v) is 19.0. The summed E-state index contributed by atoms with van der Waals surface area (Å²) in [4.78, 5) is 16.5. The molecule has 1 fully saturated rings. The van der Waals surface area contributed by atoms with Gasteiger partial charge >= 0.3 is 0 Å². The first kappa shape index (κ1) is 21.7. The summed E-state index contributed by atoms with van der Waals surface area (Å²) in [7, 11) is 4.26. The van der Waals surface area contributed by atoms with Crippen molar-refractivity contribution in [3.8, 4) is 0 Å². The molecular weight excluding hydrogens is 380 g/mol. The number of hydrogen-bond acceptors (Lipinski definition) is 5. The first-order valence-corrected chi connectivity index (χ1v) is 11.3. The molecule has 1 aliphatic rings. The zero-order chi connectivity index (χ0) is 20.6. The Kier molecular flexibility index (Phi) is 8.03. The molecule has 0 amide bonds. The van der Waals surface area contributed by atoms with Gasteiger partial charge in [-0.3, -0.25) is 4.90 Å². The smallest absolute Gasteiger partial charge is 0.194 e. The van der Waals surface area contributed by atoms with Crippen molar-refractivity contribution in [2.45, 2.75) is 33.5 Å². The Morgan fingerprint density at radius 1 is 1.17 bits per heavy atom. The van der Waals surface area contributed by atoms with Gasteiger partial charge in [0.05, 0.1) is 23.8 Å².